The molecule has 1 aromatic heterocycles. The number of carboxylic acids is 1. The van der Waals surface area contributed by atoms with Crippen LogP contribution in [-0.4, -0.2) is 17.0 Å². The van der Waals surface area contributed by atoms with Crippen LogP contribution in [0.5, 0.6) is 0 Å². The third-order valence-electron chi connectivity index (χ3n) is 2.69. The highest BCUT2D eigenvalue weighted by molar-refractivity contribution is 9.10. The summed E-state index contributed by atoms with van der Waals surface area (Å²) in [6, 6.07) is 7.83. The maximum absolute atomic E-state index is 12.0. The Balaban J connectivity index is 2.27. The van der Waals surface area contributed by atoms with Crippen LogP contribution in [0, 0.1) is 0 Å². The number of benzene rings is 1. The van der Waals surface area contributed by atoms with Gasteiger partial charge in [-0.2, -0.15) is 0 Å². The van der Waals surface area contributed by atoms with Crippen molar-refractivity contribution in [3.8, 4) is 0 Å². The highest BCUT2D eigenvalue weighted by Crippen LogP contribution is 2.22. The molecule has 104 valence electrons. The second-order valence-electron chi connectivity index (χ2n) is 4.07. The molecule has 1 aromatic carbocycles. The minimum atomic E-state index is -1.11. The van der Waals surface area contributed by atoms with Crippen LogP contribution in [0.4, 0.5) is 5.69 Å². The van der Waals surface area contributed by atoms with Crippen molar-refractivity contribution < 1.29 is 19.1 Å². The Kier molecular flexibility index (Phi) is 4.24. The Morgan fingerprint density at radius 3 is 2.65 bits per heavy atom. The molecule has 5 nitrogen and oxygen atoms in total. The number of carbonyl (C=O) groups excluding carboxylic acids is 1. The summed E-state index contributed by atoms with van der Waals surface area (Å²) in [4.78, 5) is 23.1. The molecule has 0 spiro atoms. The molecule has 0 atom stereocenters. The van der Waals surface area contributed by atoms with Crippen molar-refractivity contribution in [3.63, 3.8) is 0 Å². The summed E-state index contributed by atoms with van der Waals surface area (Å²) in [5.74, 6) is -0.743. The molecule has 0 aliphatic carbocycles. The summed E-state index contributed by atoms with van der Waals surface area (Å²) in [7, 11) is 0. The SMILES string of the molecule is CCc1ccc(C(=O)Nc2cc(Br)ccc2C(=O)O)o1. The zero-order valence-electron chi connectivity index (χ0n) is 10.6. The molecule has 2 rings (SSSR count). The quantitative estimate of drug-likeness (QED) is 0.893. The van der Waals surface area contributed by atoms with Gasteiger partial charge in [-0.15, -0.1) is 0 Å². The molecule has 0 fully saturated rings. The van der Waals surface area contributed by atoms with E-state index in [1.165, 1.54) is 12.1 Å². The number of aromatic carboxylic acids is 1. The van der Waals surface area contributed by atoms with Gasteiger partial charge in [0.05, 0.1) is 11.3 Å². The van der Waals surface area contributed by atoms with Crippen molar-refractivity contribution in [3.05, 3.63) is 51.9 Å². The van der Waals surface area contributed by atoms with Gasteiger partial charge in [-0.05, 0) is 30.3 Å². The van der Waals surface area contributed by atoms with Gasteiger partial charge in [0, 0.05) is 10.9 Å². The van der Waals surface area contributed by atoms with Gasteiger partial charge in [-0.3, -0.25) is 4.79 Å². The Hall–Kier alpha value is -2.08. The lowest BCUT2D eigenvalue weighted by atomic mass is 10.2. The normalized spacial score (nSPS) is 10.3. The number of rotatable bonds is 4. The lowest BCUT2D eigenvalue weighted by Gasteiger charge is -2.07. The number of hydrogen-bond donors (Lipinski definition) is 2. The lowest BCUT2D eigenvalue weighted by Crippen LogP contribution is -2.14. The van der Waals surface area contributed by atoms with Crippen molar-refractivity contribution in [1.82, 2.24) is 0 Å². The van der Waals surface area contributed by atoms with E-state index in [0.29, 0.717) is 16.7 Å². The summed E-state index contributed by atoms with van der Waals surface area (Å²) >= 11 is 3.24. The summed E-state index contributed by atoms with van der Waals surface area (Å²) < 4.78 is 6.00. The minimum absolute atomic E-state index is 0.0174. The molecule has 0 saturated carbocycles. The van der Waals surface area contributed by atoms with Crippen molar-refractivity contribution in [2.24, 2.45) is 0 Å². The number of nitrogens with one attached hydrogen (secondary N) is 1. The third-order valence-corrected chi connectivity index (χ3v) is 3.19. The topological polar surface area (TPSA) is 79.5 Å². The Bertz CT molecular complexity index is 663. The smallest absolute Gasteiger partial charge is 0.337 e. The molecule has 1 heterocycles. The van der Waals surface area contributed by atoms with E-state index in [0.717, 1.165) is 0 Å². The number of halogens is 1. The van der Waals surface area contributed by atoms with E-state index in [-0.39, 0.29) is 17.0 Å². The summed E-state index contributed by atoms with van der Waals surface area (Å²) in [5.41, 5.74) is 0.232. The van der Waals surface area contributed by atoms with Gasteiger partial charge >= 0.3 is 5.97 Å². The highest BCUT2D eigenvalue weighted by Gasteiger charge is 2.16. The molecular formula is C14H12BrNO4. The molecule has 1 amide bonds. The van der Waals surface area contributed by atoms with Gasteiger partial charge in [0.1, 0.15) is 5.76 Å². The molecular weight excluding hydrogens is 326 g/mol. The number of amides is 1. The van der Waals surface area contributed by atoms with Crippen LogP contribution in [0.25, 0.3) is 0 Å². The van der Waals surface area contributed by atoms with E-state index in [1.807, 2.05) is 6.92 Å². The van der Waals surface area contributed by atoms with Gasteiger partial charge in [-0.1, -0.05) is 22.9 Å². The first-order valence-corrected chi connectivity index (χ1v) is 6.73. The molecule has 2 N–H and O–H groups in total. The monoisotopic (exact) mass is 337 g/mol. The highest BCUT2D eigenvalue weighted by atomic mass is 79.9. The van der Waals surface area contributed by atoms with Gasteiger partial charge in [0.2, 0.25) is 0 Å². The maximum Gasteiger partial charge on any atom is 0.337 e. The van der Waals surface area contributed by atoms with Gasteiger partial charge in [0.25, 0.3) is 5.91 Å². The lowest BCUT2D eigenvalue weighted by molar-refractivity contribution is 0.0698. The van der Waals surface area contributed by atoms with E-state index in [2.05, 4.69) is 21.2 Å². The van der Waals surface area contributed by atoms with Gasteiger partial charge in [0.15, 0.2) is 5.76 Å². The number of anilines is 1. The van der Waals surface area contributed by atoms with Crippen molar-refractivity contribution in [2.75, 3.05) is 5.32 Å². The molecule has 6 heteroatoms. The van der Waals surface area contributed by atoms with E-state index < -0.39 is 11.9 Å². The predicted molar refractivity (Wildman–Crippen MR) is 77.1 cm³/mol. The molecule has 0 aliphatic rings. The number of furan rings is 1. The van der Waals surface area contributed by atoms with Crippen LogP contribution in [-0.2, 0) is 6.42 Å². The zero-order chi connectivity index (χ0) is 14.7. The van der Waals surface area contributed by atoms with E-state index >= 15 is 0 Å². The predicted octanol–water partition coefficient (Wildman–Crippen LogP) is 3.56. The fourth-order valence-electron chi connectivity index (χ4n) is 1.68. The molecule has 0 bridgehead atoms. The largest absolute Gasteiger partial charge is 0.478 e. The van der Waals surface area contributed by atoms with E-state index in [9.17, 15) is 9.59 Å². The molecule has 0 saturated heterocycles. The van der Waals surface area contributed by atoms with Gasteiger partial charge < -0.3 is 14.8 Å². The zero-order valence-corrected chi connectivity index (χ0v) is 12.2. The first-order valence-electron chi connectivity index (χ1n) is 5.94. The molecule has 0 radical (unpaired) electrons. The van der Waals surface area contributed by atoms with Crippen LogP contribution >= 0.6 is 15.9 Å². The van der Waals surface area contributed by atoms with Crippen LogP contribution in [0.2, 0.25) is 0 Å². The van der Waals surface area contributed by atoms with E-state index in [1.54, 1.807) is 18.2 Å². The number of aryl methyl sites for hydroxylation is 1. The standard InChI is InChI=1S/C14H12BrNO4/c1-2-9-4-6-12(20-9)13(17)16-11-7-8(15)3-5-10(11)14(18)19/h3-7H,2H2,1H3,(H,16,17)(H,18,19). The summed E-state index contributed by atoms with van der Waals surface area (Å²) in [6.07, 6.45) is 0.685. The van der Waals surface area contributed by atoms with Crippen LogP contribution in [0.1, 0.15) is 33.6 Å². The fourth-order valence-corrected chi connectivity index (χ4v) is 2.04. The van der Waals surface area contributed by atoms with Crippen LogP contribution in [0.15, 0.2) is 39.2 Å². The summed E-state index contributed by atoms with van der Waals surface area (Å²) in [6.45, 7) is 1.91. The molecule has 20 heavy (non-hydrogen) atoms. The van der Waals surface area contributed by atoms with Crippen molar-refractivity contribution >= 4 is 33.5 Å². The third kappa shape index (κ3) is 3.08. The van der Waals surface area contributed by atoms with Crippen molar-refractivity contribution in [2.45, 2.75) is 13.3 Å². The fraction of sp³-hybridized carbons (Fsp3) is 0.143. The van der Waals surface area contributed by atoms with Crippen LogP contribution < -0.4 is 5.32 Å². The summed E-state index contributed by atoms with van der Waals surface area (Å²) in [5, 5.41) is 11.6. The second kappa shape index (κ2) is 5.92. The first kappa shape index (κ1) is 14.3. The molecule has 2 aromatic rings. The average molecular weight is 338 g/mol. The average Bonchev–Trinajstić information content (AvgIpc) is 2.87. The number of carbonyl (C=O) groups is 2. The molecule has 0 aliphatic heterocycles. The van der Waals surface area contributed by atoms with E-state index in [4.69, 9.17) is 9.52 Å². The Morgan fingerprint density at radius 2 is 2.05 bits per heavy atom. The van der Waals surface area contributed by atoms with Crippen LogP contribution in [0.3, 0.4) is 0 Å². The number of hydrogen-bond acceptors (Lipinski definition) is 3. The Morgan fingerprint density at radius 1 is 1.30 bits per heavy atom. The second-order valence-corrected chi connectivity index (χ2v) is 4.98. The number of carboxylic acid groups (broad SMARTS) is 1. The van der Waals surface area contributed by atoms with Crippen molar-refractivity contribution in [1.29, 1.82) is 0 Å². The Labute approximate surface area is 123 Å². The first-order chi connectivity index (χ1) is 9.51. The van der Waals surface area contributed by atoms with Gasteiger partial charge in [-0.25, -0.2) is 4.79 Å². The molecule has 0 unspecified atom stereocenters. The minimum Gasteiger partial charge on any atom is -0.478 e. The maximum atomic E-state index is 12.0.